The lowest BCUT2D eigenvalue weighted by Crippen LogP contribution is -2.30. The molecule has 0 aromatic carbocycles. The Morgan fingerprint density at radius 2 is 0.596 bits per heavy atom. The van der Waals surface area contributed by atoms with Crippen LogP contribution in [0.1, 0.15) is 272 Å². The Bertz CT molecular complexity index is 2270. The lowest BCUT2D eigenvalue weighted by Gasteiger charge is -2.21. The third kappa shape index (κ3) is 66.1. The Morgan fingerprint density at radius 3 is 0.957 bits per heavy atom. The molecule has 0 fully saturated rings. The molecule has 0 spiro atoms. The minimum absolute atomic E-state index is 0.0790. The fourth-order valence-electron chi connectivity index (χ4n) is 8.98. The fraction of sp³-hybridized carbons (Fsp3) is 0.680. The molecule has 3 N–H and O–H groups in total. The van der Waals surface area contributed by atoms with Crippen molar-refractivity contribution in [3.63, 3.8) is 0 Å². The smallest absolute Gasteiger partial charge is 0.462 e. The summed E-state index contributed by atoms with van der Waals surface area (Å²) in [6.07, 6.45) is 71.1. The molecule has 0 amide bonds. The number of esters is 4. The van der Waals surface area contributed by atoms with Gasteiger partial charge in [-0.2, -0.15) is 0 Å². The van der Waals surface area contributed by atoms with E-state index in [1.54, 1.807) is 12.2 Å². The van der Waals surface area contributed by atoms with Crippen molar-refractivity contribution in [1.29, 1.82) is 0 Å². The number of hydrogen-bond donors (Lipinski definition) is 3. The lowest BCUT2D eigenvalue weighted by atomic mass is 10.1. The van der Waals surface area contributed by atoms with Crippen molar-refractivity contribution in [2.24, 2.45) is 0 Å². The highest BCUT2D eigenvalue weighted by Crippen LogP contribution is 2.45. The Kier molecular flexibility index (Phi) is 63.8. The molecule has 0 aromatic rings. The second-order valence-corrected chi connectivity index (χ2v) is 26.3. The summed E-state index contributed by atoms with van der Waals surface area (Å²) in [5.41, 5.74) is 0. The minimum Gasteiger partial charge on any atom is -0.462 e. The molecule has 0 aliphatic rings. The van der Waals surface area contributed by atoms with Crippen LogP contribution in [0.3, 0.4) is 0 Å². The van der Waals surface area contributed by atoms with Gasteiger partial charge in [0.1, 0.15) is 19.3 Å². The largest absolute Gasteiger partial charge is 0.472 e. The van der Waals surface area contributed by atoms with Crippen molar-refractivity contribution in [3.05, 3.63) is 122 Å². The van der Waals surface area contributed by atoms with E-state index in [-0.39, 0.29) is 25.7 Å². The number of aliphatic hydroxyl groups is 1. The van der Waals surface area contributed by atoms with Crippen molar-refractivity contribution in [3.8, 4) is 0 Å². The van der Waals surface area contributed by atoms with Crippen LogP contribution in [0.2, 0.25) is 0 Å². The van der Waals surface area contributed by atoms with Crippen LogP contribution in [0.15, 0.2) is 122 Å². The summed E-state index contributed by atoms with van der Waals surface area (Å²) in [6, 6.07) is 0. The van der Waals surface area contributed by atoms with Crippen LogP contribution in [-0.4, -0.2) is 96.7 Å². The molecule has 0 saturated heterocycles. The summed E-state index contributed by atoms with van der Waals surface area (Å²) < 4.78 is 68.1. The number of hydrogen-bond acceptors (Lipinski definition) is 15. The second kappa shape index (κ2) is 67.0. The summed E-state index contributed by atoms with van der Waals surface area (Å²) in [5.74, 6) is -2.36. The van der Waals surface area contributed by atoms with E-state index >= 15 is 0 Å². The molecule has 19 heteroatoms. The van der Waals surface area contributed by atoms with Gasteiger partial charge in [-0.15, -0.1) is 0 Å². The second-order valence-electron chi connectivity index (χ2n) is 23.4. The zero-order chi connectivity index (χ0) is 69.0. The molecule has 5 unspecified atom stereocenters. The summed E-state index contributed by atoms with van der Waals surface area (Å²) in [5, 5.41) is 10.6. The van der Waals surface area contributed by atoms with Gasteiger partial charge in [0.15, 0.2) is 12.2 Å². The average Bonchev–Trinajstić information content (AvgIpc) is 1.23. The van der Waals surface area contributed by atoms with Gasteiger partial charge in [-0.05, 0) is 122 Å². The number of unbranched alkanes of at least 4 members (excludes halogenated alkanes) is 21. The van der Waals surface area contributed by atoms with Crippen molar-refractivity contribution in [1.82, 2.24) is 0 Å². The van der Waals surface area contributed by atoms with Crippen LogP contribution >= 0.6 is 15.6 Å². The van der Waals surface area contributed by atoms with E-state index in [0.717, 1.165) is 167 Å². The van der Waals surface area contributed by atoms with Gasteiger partial charge in [0, 0.05) is 19.3 Å². The van der Waals surface area contributed by atoms with Gasteiger partial charge < -0.3 is 33.8 Å². The molecule has 0 aliphatic carbocycles. The van der Waals surface area contributed by atoms with Crippen molar-refractivity contribution in [2.75, 3.05) is 39.6 Å². The van der Waals surface area contributed by atoms with Crippen LogP contribution in [0.25, 0.3) is 0 Å². The fourth-order valence-corrected chi connectivity index (χ4v) is 10.6. The van der Waals surface area contributed by atoms with Gasteiger partial charge in [-0.1, -0.05) is 246 Å². The summed E-state index contributed by atoms with van der Waals surface area (Å²) in [6.45, 7) is 4.40. The first-order valence-corrected chi connectivity index (χ1v) is 38.8. The number of rotatable bonds is 66. The molecule has 5 atom stereocenters. The highest BCUT2D eigenvalue weighted by atomic mass is 31.2. The molecule has 94 heavy (non-hydrogen) atoms. The van der Waals surface area contributed by atoms with E-state index in [1.165, 1.54) is 25.7 Å². The molecule has 538 valence electrons. The first kappa shape index (κ1) is 89.5. The molecular formula is C75H126O17P2. The predicted molar refractivity (Wildman–Crippen MR) is 381 cm³/mol. The zero-order valence-electron chi connectivity index (χ0n) is 58.3. The van der Waals surface area contributed by atoms with Crippen LogP contribution in [0.5, 0.6) is 0 Å². The van der Waals surface area contributed by atoms with Gasteiger partial charge in [0.05, 0.1) is 32.8 Å². The van der Waals surface area contributed by atoms with E-state index < -0.39 is 97.5 Å². The van der Waals surface area contributed by atoms with Crippen LogP contribution in [0.4, 0.5) is 0 Å². The van der Waals surface area contributed by atoms with E-state index in [2.05, 4.69) is 125 Å². The van der Waals surface area contributed by atoms with Crippen LogP contribution < -0.4 is 0 Å². The normalized spacial score (nSPS) is 14.8. The maximum atomic E-state index is 13.0. The van der Waals surface area contributed by atoms with E-state index in [4.69, 9.17) is 37.0 Å². The quantitative estimate of drug-likeness (QED) is 0.0169. The summed E-state index contributed by atoms with van der Waals surface area (Å²) in [4.78, 5) is 72.5. The third-order valence-corrected chi connectivity index (χ3v) is 16.3. The van der Waals surface area contributed by atoms with E-state index in [9.17, 15) is 43.2 Å². The Labute approximate surface area is 568 Å². The molecular weight excluding hydrogens is 1230 g/mol. The number of aliphatic hydroxyl groups excluding tert-OH is 1. The first-order valence-electron chi connectivity index (χ1n) is 35.8. The number of carbonyl (C=O) groups excluding carboxylic acids is 4. The number of allylic oxidation sites excluding steroid dienone is 19. The van der Waals surface area contributed by atoms with Crippen LogP contribution in [-0.2, 0) is 65.4 Å². The molecule has 0 saturated carbocycles. The molecule has 0 aliphatic heterocycles. The zero-order valence-corrected chi connectivity index (χ0v) is 60.1. The monoisotopic (exact) mass is 1360 g/mol. The third-order valence-electron chi connectivity index (χ3n) is 14.4. The van der Waals surface area contributed by atoms with Gasteiger partial charge in [0.2, 0.25) is 0 Å². The summed E-state index contributed by atoms with van der Waals surface area (Å²) in [7, 11) is -9.98. The topological polar surface area (TPSA) is 237 Å². The number of carbonyl (C=O) groups is 4. The van der Waals surface area contributed by atoms with Crippen molar-refractivity contribution in [2.45, 2.75) is 290 Å². The minimum atomic E-state index is -5.00. The standard InChI is InChI=1S/C75H126O17P2/c1-5-9-13-17-21-25-29-31-33-34-36-37-41-44-48-52-56-60-73(78)86-66-71(92-75(80)62-58-54-50-46-42-38-35-32-30-26-22-18-14-10-6-2)68-90-94(83,84)88-64-69(76)63-87-93(81,82)89-67-70(91-74(79)61-57-53-49-45-40-28-24-20-16-12-8-4)65-85-72(77)59-55-51-47-43-39-27-23-19-15-11-7-3/h9-10,13-14,19-26,31-33,35,42,46,54,58,69-71,76H,5-8,11-12,15-18,27-30,34,36-41,43-45,47-53,55-57,59-68H2,1-4H3,(H,81,82)(H,83,84)/b13-9-,14-10-,23-19-,24-20-,25-21-,26-22-,33-31-,35-32-,46-42-,58-54-. The van der Waals surface area contributed by atoms with Gasteiger partial charge in [-0.25, -0.2) is 9.13 Å². The van der Waals surface area contributed by atoms with E-state index in [1.807, 2.05) is 12.2 Å². The van der Waals surface area contributed by atoms with Crippen LogP contribution in [0, 0.1) is 0 Å². The van der Waals surface area contributed by atoms with E-state index in [0.29, 0.717) is 25.7 Å². The van der Waals surface area contributed by atoms with Crippen molar-refractivity contribution >= 4 is 39.5 Å². The molecule has 0 rings (SSSR count). The predicted octanol–water partition coefficient (Wildman–Crippen LogP) is 20.0. The molecule has 0 bridgehead atoms. The van der Waals surface area contributed by atoms with Gasteiger partial charge >= 0.3 is 39.5 Å². The Balaban J connectivity index is 5.40. The molecule has 0 aromatic heterocycles. The number of ether oxygens (including phenoxy) is 4. The molecule has 0 radical (unpaired) electrons. The molecule has 0 heterocycles. The highest BCUT2D eigenvalue weighted by molar-refractivity contribution is 7.47. The maximum Gasteiger partial charge on any atom is 0.472 e. The number of phosphoric ester groups is 2. The maximum absolute atomic E-state index is 13.0. The average molecular weight is 1360 g/mol. The summed E-state index contributed by atoms with van der Waals surface area (Å²) >= 11 is 0. The van der Waals surface area contributed by atoms with Gasteiger partial charge in [0.25, 0.3) is 0 Å². The Morgan fingerprint density at radius 1 is 0.319 bits per heavy atom. The molecule has 17 nitrogen and oxygen atoms in total. The van der Waals surface area contributed by atoms with Crippen molar-refractivity contribution < 1.29 is 80.2 Å². The number of phosphoric acid groups is 2. The lowest BCUT2D eigenvalue weighted by molar-refractivity contribution is -0.161. The SMILES string of the molecule is CC/C=C\C/C=C\C/C=C\C/C=C\C/C=C\CC(=O)OC(COC(=O)CCCCCCCCC/C=C\C/C=C\C/C=C\CC)COP(=O)(O)OCC(O)COP(=O)(O)OCC(COC(=O)CCCCCCC/C=C\CCCC)OC(=O)CCCCCCC/C=C\CCCC. The highest BCUT2D eigenvalue weighted by Gasteiger charge is 2.30. The van der Waals surface area contributed by atoms with Gasteiger partial charge in [-0.3, -0.25) is 37.3 Å². The first-order chi connectivity index (χ1) is 45.7. The Hall–Kier alpha value is -4.54.